The van der Waals surface area contributed by atoms with Crippen molar-refractivity contribution in [2.45, 2.75) is 26.7 Å². The Kier molecular flexibility index (Phi) is 18.3. The Morgan fingerprint density at radius 2 is 0.763 bits per heavy atom. The largest absolute Gasteiger partial charge is 0.508 e. The molecule has 2 N–H and O–H groups in total. The zero-order chi connectivity index (χ0) is 41.3. The highest BCUT2D eigenvalue weighted by Gasteiger charge is 2.15. The Morgan fingerprint density at radius 1 is 0.424 bits per heavy atom. The highest BCUT2D eigenvalue weighted by Crippen LogP contribution is 2.37. The van der Waals surface area contributed by atoms with E-state index in [1.54, 1.807) is 12.1 Å². The summed E-state index contributed by atoms with van der Waals surface area (Å²) in [5, 5.41) is 20.1. The van der Waals surface area contributed by atoms with Crippen molar-refractivity contribution in [1.29, 1.82) is 0 Å². The molecule has 0 spiro atoms. The van der Waals surface area contributed by atoms with Gasteiger partial charge in [0.15, 0.2) is 0 Å². The lowest BCUT2D eigenvalue weighted by Gasteiger charge is -2.17. The van der Waals surface area contributed by atoms with Crippen molar-refractivity contribution in [3.05, 3.63) is 191 Å². The summed E-state index contributed by atoms with van der Waals surface area (Å²) >= 11 is 0. The second-order valence-electron chi connectivity index (χ2n) is 14.6. The predicted octanol–water partition coefficient (Wildman–Crippen LogP) is 11.8. The van der Waals surface area contributed by atoms with Crippen LogP contribution >= 0.6 is 12.4 Å². The average Bonchev–Trinajstić information content (AvgIpc) is 3.23. The van der Waals surface area contributed by atoms with Crippen molar-refractivity contribution in [3.63, 3.8) is 0 Å². The number of allylic oxidation sites excluding steroid dienone is 2. The van der Waals surface area contributed by atoms with Crippen molar-refractivity contribution >= 4 is 34.7 Å². The number of hydrogen-bond acceptors (Lipinski definition) is 6. The number of phenols is 2. The quantitative estimate of drug-likeness (QED) is 0.0949. The van der Waals surface area contributed by atoms with Gasteiger partial charge in [-0.3, -0.25) is 0 Å². The van der Waals surface area contributed by atoms with E-state index in [0.717, 1.165) is 70.8 Å². The molecule has 0 atom stereocenters. The Bertz CT molecular complexity index is 2060. The SMILES string of the molecule is CC/C(=C(/c1ccc(OCCN(C)C)cc1)c1cccc(O)c1)c1ccccc1.CC/C(=C(/c1ccc(OCCN(C)C)cc1)c1cccc(O)c1)c1ccccc1.Cl. The number of aromatic hydroxyl groups is 2. The molecular formula is C52H59ClN2O4. The van der Waals surface area contributed by atoms with Crippen LogP contribution in [0.3, 0.4) is 0 Å². The molecule has 6 rings (SSSR count). The summed E-state index contributed by atoms with van der Waals surface area (Å²) < 4.78 is 11.7. The molecule has 0 radical (unpaired) electrons. The maximum absolute atomic E-state index is 10.1. The van der Waals surface area contributed by atoms with Crippen LogP contribution in [0.4, 0.5) is 0 Å². The topological polar surface area (TPSA) is 65.4 Å². The maximum Gasteiger partial charge on any atom is 0.119 e. The van der Waals surface area contributed by atoms with Gasteiger partial charge in [0.2, 0.25) is 0 Å². The van der Waals surface area contributed by atoms with Crippen LogP contribution in [-0.2, 0) is 0 Å². The van der Waals surface area contributed by atoms with Crippen LogP contribution in [0.5, 0.6) is 23.0 Å². The summed E-state index contributed by atoms with van der Waals surface area (Å²) in [6.07, 6.45) is 1.77. The molecule has 0 aliphatic rings. The van der Waals surface area contributed by atoms with E-state index in [9.17, 15) is 10.2 Å². The van der Waals surface area contributed by atoms with Crippen molar-refractivity contribution in [1.82, 2.24) is 9.80 Å². The third-order valence-corrected chi connectivity index (χ3v) is 9.73. The molecule has 0 aliphatic carbocycles. The summed E-state index contributed by atoms with van der Waals surface area (Å²) in [4.78, 5) is 4.20. The van der Waals surface area contributed by atoms with E-state index in [1.165, 1.54) is 22.3 Å². The smallest absolute Gasteiger partial charge is 0.119 e. The van der Waals surface area contributed by atoms with Crippen molar-refractivity contribution in [3.8, 4) is 23.0 Å². The molecule has 0 unspecified atom stereocenters. The molecule has 308 valence electrons. The molecule has 0 aliphatic heterocycles. The monoisotopic (exact) mass is 810 g/mol. The average molecular weight is 812 g/mol. The van der Waals surface area contributed by atoms with Gasteiger partial charge >= 0.3 is 0 Å². The first kappa shape index (κ1) is 45.9. The normalized spacial score (nSPS) is 11.8. The first-order valence-electron chi connectivity index (χ1n) is 20.1. The van der Waals surface area contributed by atoms with Crippen LogP contribution in [0.2, 0.25) is 0 Å². The maximum atomic E-state index is 10.1. The van der Waals surface area contributed by atoms with Gasteiger partial charge < -0.3 is 29.5 Å². The lowest BCUT2D eigenvalue weighted by atomic mass is 9.88. The number of halogens is 1. The van der Waals surface area contributed by atoms with Crippen LogP contribution in [0, 0.1) is 0 Å². The third-order valence-electron chi connectivity index (χ3n) is 9.73. The van der Waals surface area contributed by atoms with Gasteiger partial charge in [-0.1, -0.05) is 123 Å². The molecule has 6 aromatic carbocycles. The molecule has 0 bridgehead atoms. The Labute approximate surface area is 358 Å². The second-order valence-corrected chi connectivity index (χ2v) is 14.6. The van der Waals surface area contributed by atoms with Gasteiger partial charge in [-0.05, 0) is 145 Å². The Hall–Kier alpha value is -5.79. The lowest BCUT2D eigenvalue weighted by molar-refractivity contribution is 0.261. The number of nitrogens with zero attached hydrogens (tertiary/aromatic N) is 2. The number of likely N-dealkylation sites (N-methyl/N-ethyl adjacent to an activating group) is 2. The number of ether oxygens (including phenoxy) is 2. The minimum Gasteiger partial charge on any atom is -0.508 e. The van der Waals surface area contributed by atoms with Gasteiger partial charge in [0, 0.05) is 13.1 Å². The van der Waals surface area contributed by atoms with Crippen LogP contribution in [0.25, 0.3) is 22.3 Å². The first-order valence-corrected chi connectivity index (χ1v) is 20.1. The molecule has 0 amide bonds. The summed E-state index contributed by atoms with van der Waals surface area (Å²) in [6.45, 7) is 7.42. The summed E-state index contributed by atoms with van der Waals surface area (Å²) in [6, 6.07) is 52.3. The first-order chi connectivity index (χ1) is 28.2. The molecule has 0 heterocycles. The van der Waals surface area contributed by atoms with Crippen LogP contribution < -0.4 is 9.47 Å². The predicted molar refractivity (Wildman–Crippen MR) is 250 cm³/mol. The highest BCUT2D eigenvalue weighted by molar-refractivity contribution is 5.99. The zero-order valence-electron chi connectivity index (χ0n) is 35.3. The Balaban J connectivity index is 0.000000256. The van der Waals surface area contributed by atoms with Gasteiger partial charge in [0.1, 0.15) is 36.2 Å². The van der Waals surface area contributed by atoms with Crippen LogP contribution in [0.15, 0.2) is 158 Å². The minimum atomic E-state index is 0. The highest BCUT2D eigenvalue weighted by atomic mass is 35.5. The lowest BCUT2D eigenvalue weighted by Crippen LogP contribution is -2.19. The van der Waals surface area contributed by atoms with E-state index >= 15 is 0 Å². The molecule has 7 heteroatoms. The fourth-order valence-electron chi connectivity index (χ4n) is 6.81. The van der Waals surface area contributed by atoms with Gasteiger partial charge in [-0.25, -0.2) is 0 Å². The number of rotatable bonds is 16. The van der Waals surface area contributed by atoms with Gasteiger partial charge in [0.05, 0.1) is 0 Å². The van der Waals surface area contributed by atoms with E-state index in [1.807, 2.05) is 88.9 Å². The fraction of sp³-hybridized carbons (Fsp3) is 0.231. The fourth-order valence-corrected chi connectivity index (χ4v) is 6.81. The van der Waals surface area contributed by atoms with Crippen molar-refractivity contribution in [2.75, 3.05) is 54.5 Å². The standard InChI is InChI=1S/2C26H29NO2.ClH/c2*1-4-25(20-9-6-5-7-10-20)26(22-11-8-12-23(28)19-22)21-13-15-24(16-14-21)29-18-17-27(2)3;/h2*5-16,19,28H,4,17-18H2,1-3H3;1H/b2*26-25+;. The second kappa shape index (κ2) is 23.6. The number of phenolic OH excluding ortho intramolecular Hbond substituents is 2. The van der Waals surface area contributed by atoms with Gasteiger partial charge in [0.25, 0.3) is 0 Å². The van der Waals surface area contributed by atoms with Gasteiger partial charge in [-0.15, -0.1) is 12.4 Å². The summed E-state index contributed by atoms with van der Waals surface area (Å²) in [7, 11) is 8.15. The summed E-state index contributed by atoms with van der Waals surface area (Å²) in [5.41, 5.74) is 11.4. The zero-order valence-corrected chi connectivity index (χ0v) is 36.1. The molecule has 6 aromatic rings. The molecule has 0 fully saturated rings. The van der Waals surface area contributed by atoms with E-state index in [4.69, 9.17) is 9.47 Å². The van der Waals surface area contributed by atoms with E-state index in [-0.39, 0.29) is 23.9 Å². The van der Waals surface area contributed by atoms with Crippen molar-refractivity contribution < 1.29 is 19.7 Å². The third kappa shape index (κ3) is 13.6. The van der Waals surface area contributed by atoms with Crippen LogP contribution in [0.1, 0.15) is 60.1 Å². The number of benzene rings is 6. The van der Waals surface area contributed by atoms with E-state index in [2.05, 4.69) is 109 Å². The van der Waals surface area contributed by atoms with E-state index in [0.29, 0.717) is 13.2 Å². The molecule has 0 saturated carbocycles. The molecule has 0 aromatic heterocycles. The minimum absolute atomic E-state index is 0. The van der Waals surface area contributed by atoms with E-state index < -0.39 is 0 Å². The van der Waals surface area contributed by atoms with Crippen LogP contribution in [-0.4, -0.2) is 74.5 Å². The number of hydrogen-bond donors (Lipinski definition) is 2. The molecule has 59 heavy (non-hydrogen) atoms. The molecular weight excluding hydrogens is 752 g/mol. The summed E-state index contributed by atoms with van der Waals surface area (Å²) in [5.74, 6) is 2.27. The van der Waals surface area contributed by atoms with Crippen molar-refractivity contribution in [2.24, 2.45) is 0 Å². The Morgan fingerprint density at radius 3 is 1.07 bits per heavy atom. The molecule has 0 saturated heterocycles. The molecule has 6 nitrogen and oxygen atoms in total. The van der Waals surface area contributed by atoms with Gasteiger partial charge in [-0.2, -0.15) is 0 Å².